The molecule has 0 saturated carbocycles. The molecule has 1 aliphatic heterocycles. The van der Waals surface area contributed by atoms with Gasteiger partial charge >= 0.3 is 0 Å². The molecular weight excluding hydrogens is 268 g/mol. The van der Waals surface area contributed by atoms with Gasteiger partial charge in [-0.15, -0.1) is 0 Å². The Morgan fingerprint density at radius 2 is 2.05 bits per heavy atom. The summed E-state index contributed by atoms with van der Waals surface area (Å²) in [4.78, 5) is 13.9. The summed E-state index contributed by atoms with van der Waals surface area (Å²) in [5, 5.41) is 3.24. The van der Waals surface area contributed by atoms with Crippen LogP contribution in [0, 0.1) is 0 Å². The number of amides is 1. The Bertz CT molecular complexity index is 471. The van der Waals surface area contributed by atoms with E-state index in [1.54, 1.807) is 7.11 Å². The average Bonchev–Trinajstić information content (AvgIpc) is 2.55. The zero-order valence-corrected chi connectivity index (χ0v) is 12.9. The first-order valence-corrected chi connectivity index (χ1v) is 7.52. The molecule has 0 aromatic heterocycles. The second-order valence-electron chi connectivity index (χ2n) is 5.07. The predicted octanol–water partition coefficient (Wildman–Crippen LogP) is 1.46. The molecule has 1 saturated heterocycles. The number of nitrogens with one attached hydrogen (secondary N) is 1. The number of nitrogens with zero attached hydrogens (tertiary/aromatic N) is 1. The lowest BCUT2D eigenvalue weighted by Gasteiger charge is -2.27. The number of piperazine rings is 1. The lowest BCUT2D eigenvalue weighted by Crippen LogP contribution is -2.46. The van der Waals surface area contributed by atoms with Crippen LogP contribution in [0.1, 0.15) is 18.9 Å². The van der Waals surface area contributed by atoms with E-state index in [-0.39, 0.29) is 5.91 Å². The zero-order chi connectivity index (χ0) is 15.1. The van der Waals surface area contributed by atoms with Crippen molar-refractivity contribution < 1.29 is 14.3 Å². The maximum atomic E-state index is 12.0. The second kappa shape index (κ2) is 7.88. The first-order chi connectivity index (χ1) is 10.2. The van der Waals surface area contributed by atoms with Gasteiger partial charge in [0.1, 0.15) is 0 Å². The fraction of sp³-hybridized carbons (Fsp3) is 0.562. The molecule has 1 aromatic carbocycles. The minimum atomic E-state index is 0.153. The monoisotopic (exact) mass is 292 g/mol. The van der Waals surface area contributed by atoms with Crippen molar-refractivity contribution in [2.45, 2.75) is 19.8 Å². The van der Waals surface area contributed by atoms with Crippen molar-refractivity contribution in [1.29, 1.82) is 0 Å². The van der Waals surface area contributed by atoms with Crippen molar-refractivity contribution in [2.24, 2.45) is 0 Å². The van der Waals surface area contributed by atoms with E-state index in [0.29, 0.717) is 18.8 Å². The summed E-state index contributed by atoms with van der Waals surface area (Å²) in [5.74, 6) is 1.58. The van der Waals surface area contributed by atoms with Crippen molar-refractivity contribution >= 4 is 5.91 Å². The molecule has 1 aromatic rings. The van der Waals surface area contributed by atoms with Gasteiger partial charge in [-0.25, -0.2) is 0 Å². The molecular formula is C16H24N2O3. The van der Waals surface area contributed by atoms with Gasteiger partial charge in [0.05, 0.1) is 20.1 Å². The van der Waals surface area contributed by atoms with Crippen molar-refractivity contribution in [2.75, 3.05) is 39.9 Å². The van der Waals surface area contributed by atoms with E-state index >= 15 is 0 Å². The highest BCUT2D eigenvalue weighted by atomic mass is 16.5. The molecule has 1 fully saturated rings. The summed E-state index contributed by atoms with van der Waals surface area (Å²) in [7, 11) is 1.63. The molecule has 21 heavy (non-hydrogen) atoms. The molecule has 1 N–H and O–H groups in total. The van der Waals surface area contributed by atoms with Crippen LogP contribution in [0.3, 0.4) is 0 Å². The normalized spacial score (nSPS) is 14.9. The molecule has 0 radical (unpaired) electrons. The van der Waals surface area contributed by atoms with Crippen LogP contribution >= 0.6 is 0 Å². The number of hydrogen-bond donors (Lipinski definition) is 1. The van der Waals surface area contributed by atoms with Gasteiger partial charge in [0.2, 0.25) is 5.91 Å². The molecule has 0 atom stereocenters. The third kappa shape index (κ3) is 4.36. The first kappa shape index (κ1) is 15.6. The number of carbonyl (C=O) groups excluding carboxylic acids is 1. The van der Waals surface area contributed by atoms with Gasteiger partial charge in [0, 0.05) is 26.2 Å². The standard InChI is InChI=1S/C16H24N2O3/c1-3-13-4-5-14(15(12-13)20-2)21-11-6-16(19)18-9-7-17-8-10-18/h4-5,12,17H,3,6-11H2,1-2H3. The highest BCUT2D eigenvalue weighted by Gasteiger charge is 2.16. The van der Waals surface area contributed by atoms with Gasteiger partial charge in [-0.05, 0) is 24.1 Å². The Kier molecular flexibility index (Phi) is 5.87. The molecule has 0 spiro atoms. The molecule has 1 amide bonds. The molecule has 5 nitrogen and oxygen atoms in total. The van der Waals surface area contributed by atoms with Gasteiger partial charge in [-0.1, -0.05) is 13.0 Å². The van der Waals surface area contributed by atoms with Crippen molar-refractivity contribution in [3.8, 4) is 11.5 Å². The molecule has 2 rings (SSSR count). The van der Waals surface area contributed by atoms with Crippen molar-refractivity contribution in [1.82, 2.24) is 10.2 Å². The minimum absolute atomic E-state index is 0.153. The van der Waals surface area contributed by atoms with Crippen LogP contribution in [-0.2, 0) is 11.2 Å². The van der Waals surface area contributed by atoms with Crippen LogP contribution in [-0.4, -0.2) is 50.7 Å². The molecule has 0 bridgehead atoms. The lowest BCUT2D eigenvalue weighted by molar-refractivity contribution is -0.132. The third-order valence-electron chi connectivity index (χ3n) is 3.68. The van der Waals surface area contributed by atoms with Crippen molar-refractivity contribution in [3.05, 3.63) is 23.8 Å². The largest absolute Gasteiger partial charge is 0.493 e. The predicted molar refractivity (Wildman–Crippen MR) is 81.9 cm³/mol. The van der Waals surface area contributed by atoms with E-state index < -0.39 is 0 Å². The van der Waals surface area contributed by atoms with E-state index in [0.717, 1.165) is 38.3 Å². The number of benzene rings is 1. The summed E-state index contributed by atoms with van der Waals surface area (Å²) >= 11 is 0. The van der Waals surface area contributed by atoms with Crippen LogP contribution in [0.25, 0.3) is 0 Å². The van der Waals surface area contributed by atoms with Gasteiger partial charge in [0.25, 0.3) is 0 Å². The maximum Gasteiger partial charge on any atom is 0.226 e. The minimum Gasteiger partial charge on any atom is -0.493 e. The van der Waals surface area contributed by atoms with Crippen LogP contribution < -0.4 is 14.8 Å². The van der Waals surface area contributed by atoms with E-state index in [2.05, 4.69) is 12.2 Å². The topological polar surface area (TPSA) is 50.8 Å². The fourth-order valence-corrected chi connectivity index (χ4v) is 2.37. The van der Waals surface area contributed by atoms with E-state index in [1.807, 2.05) is 23.1 Å². The van der Waals surface area contributed by atoms with Gasteiger partial charge in [-0.3, -0.25) is 4.79 Å². The van der Waals surface area contributed by atoms with E-state index in [9.17, 15) is 4.79 Å². The highest BCUT2D eigenvalue weighted by Crippen LogP contribution is 2.28. The Balaban J connectivity index is 1.83. The smallest absolute Gasteiger partial charge is 0.226 e. The van der Waals surface area contributed by atoms with E-state index in [1.165, 1.54) is 5.56 Å². The second-order valence-corrected chi connectivity index (χ2v) is 5.07. The summed E-state index contributed by atoms with van der Waals surface area (Å²) in [6, 6.07) is 5.91. The van der Waals surface area contributed by atoms with Gasteiger partial charge in [0.15, 0.2) is 11.5 Å². The Hall–Kier alpha value is -1.75. The van der Waals surface area contributed by atoms with Crippen LogP contribution in [0.15, 0.2) is 18.2 Å². The molecule has 5 heteroatoms. The molecule has 0 aliphatic carbocycles. The number of methoxy groups -OCH3 is 1. The number of rotatable bonds is 6. The third-order valence-corrected chi connectivity index (χ3v) is 3.68. The SMILES string of the molecule is CCc1ccc(OCCC(=O)N2CCNCC2)c(OC)c1. The Morgan fingerprint density at radius 3 is 2.71 bits per heavy atom. The Labute approximate surface area is 126 Å². The number of ether oxygens (including phenoxy) is 2. The summed E-state index contributed by atoms with van der Waals surface area (Å²) in [6.07, 6.45) is 1.36. The number of aryl methyl sites for hydroxylation is 1. The quantitative estimate of drug-likeness (QED) is 0.862. The number of carbonyl (C=O) groups is 1. The van der Waals surface area contributed by atoms with Crippen LogP contribution in [0.4, 0.5) is 0 Å². The summed E-state index contributed by atoms with van der Waals surface area (Å²) < 4.78 is 11.0. The zero-order valence-electron chi connectivity index (χ0n) is 12.9. The Morgan fingerprint density at radius 1 is 1.29 bits per heavy atom. The highest BCUT2D eigenvalue weighted by molar-refractivity contribution is 5.76. The van der Waals surface area contributed by atoms with Gasteiger partial charge in [-0.2, -0.15) is 0 Å². The fourth-order valence-electron chi connectivity index (χ4n) is 2.37. The maximum absolute atomic E-state index is 12.0. The van der Waals surface area contributed by atoms with Crippen LogP contribution in [0.5, 0.6) is 11.5 Å². The number of hydrogen-bond acceptors (Lipinski definition) is 4. The summed E-state index contributed by atoms with van der Waals surface area (Å²) in [6.45, 7) is 5.80. The lowest BCUT2D eigenvalue weighted by atomic mass is 10.1. The molecule has 1 heterocycles. The van der Waals surface area contributed by atoms with Gasteiger partial charge < -0.3 is 19.7 Å². The van der Waals surface area contributed by atoms with E-state index in [4.69, 9.17) is 9.47 Å². The summed E-state index contributed by atoms with van der Waals surface area (Å²) in [5.41, 5.74) is 1.20. The molecule has 116 valence electrons. The molecule has 0 unspecified atom stereocenters. The molecule has 1 aliphatic rings. The average molecular weight is 292 g/mol. The van der Waals surface area contributed by atoms with Crippen molar-refractivity contribution in [3.63, 3.8) is 0 Å². The first-order valence-electron chi connectivity index (χ1n) is 7.52. The van der Waals surface area contributed by atoms with Crippen LogP contribution in [0.2, 0.25) is 0 Å².